The number of rotatable bonds is 4. The first-order valence-corrected chi connectivity index (χ1v) is 7.11. The van der Waals surface area contributed by atoms with Gasteiger partial charge in [0.25, 0.3) is 0 Å². The highest BCUT2D eigenvalue weighted by Gasteiger charge is 2.14. The average molecular weight is 267 g/mol. The number of fused-ring (bicyclic) bond motifs is 1. The largest absolute Gasteiger partial charge is 0.469 e. The van der Waals surface area contributed by atoms with Crippen molar-refractivity contribution in [2.75, 3.05) is 12.9 Å². The minimum Gasteiger partial charge on any atom is -0.469 e. The number of nitrogens with zero attached hydrogens (tertiary/aromatic N) is 1. The number of methoxy groups -OCH3 is 1. The summed E-state index contributed by atoms with van der Waals surface area (Å²) in [6.45, 7) is 1.87. The van der Waals surface area contributed by atoms with E-state index >= 15 is 0 Å². The quantitative estimate of drug-likeness (QED) is 0.630. The van der Waals surface area contributed by atoms with Gasteiger partial charge in [0.2, 0.25) is 0 Å². The Kier molecular flexibility index (Phi) is 4.02. The maximum Gasteiger partial charge on any atom is 0.309 e. The van der Waals surface area contributed by atoms with Gasteiger partial charge < -0.3 is 4.74 Å². The molecule has 0 spiro atoms. The maximum atomic E-state index is 11.3. The van der Waals surface area contributed by atoms with Gasteiger partial charge in [0.05, 0.1) is 13.0 Å². The number of hydrogen-bond acceptors (Lipinski definition) is 5. The third kappa shape index (κ3) is 2.79. The molecule has 17 heavy (non-hydrogen) atoms. The lowest BCUT2D eigenvalue weighted by Crippen LogP contribution is -2.14. The van der Waals surface area contributed by atoms with E-state index < -0.39 is 0 Å². The summed E-state index contributed by atoms with van der Waals surface area (Å²) in [5, 5.41) is 4.21. The lowest BCUT2D eigenvalue weighted by molar-refractivity contribution is -0.143. The van der Waals surface area contributed by atoms with Crippen LogP contribution in [0.15, 0.2) is 28.7 Å². The van der Waals surface area contributed by atoms with Crippen molar-refractivity contribution < 1.29 is 9.53 Å². The molecule has 2 aromatic rings. The van der Waals surface area contributed by atoms with Crippen molar-refractivity contribution in [1.82, 2.24) is 4.98 Å². The summed E-state index contributed by atoms with van der Waals surface area (Å²) in [5.41, 5.74) is 0. The van der Waals surface area contributed by atoms with E-state index in [2.05, 4.69) is 16.4 Å². The first-order valence-electron chi connectivity index (χ1n) is 5.25. The molecule has 0 radical (unpaired) electrons. The van der Waals surface area contributed by atoms with Gasteiger partial charge in [-0.1, -0.05) is 6.92 Å². The predicted molar refractivity (Wildman–Crippen MR) is 71.5 cm³/mol. The number of carbonyl (C=O) groups is 1. The lowest BCUT2D eigenvalue weighted by atomic mass is 10.2. The molecule has 1 unspecified atom stereocenters. The first-order chi connectivity index (χ1) is 8.22. The van der Waals surface area contributed by atoms with Gasteiger partial charge in [-0.25, -0.2) is 4.98 Å². The summed E-state index contributed by atoms with van der Waals surface area (Å²) in [6.07, 6.45) is 1.81. The number of aromatic nitrogens is 1. The molecule has 1 atom stereocenters. The van der Waals surface area contributed by atoms with Crippen LogP contribution in [-0.4, -0.2) is 23.8 Å². The number of thiophene rings is 1. The van der Waals surface area contributed by atoms with Gasteiger partial charge in [-0.3, -0.25) is 4.79 Å². The van der Waals surface area contributed by atoms with Gasteiger partial charge in [-0.05, 0) is 17.5 Å². The van der Waals surface area contributed by atoms with Gasteiger partial charge in [-0.2, -0.15) is 0 Å². The number of hydrogen-bond donors (Lipinski definition) is 0. The Labute approximate surface area is 108 Å². The zero-order valence-corrected chi connectivity index (χ0v) is 11.3. The third-order valence-electron chi connectivity index (χ3n) is 2.42. The second-order valence-corrected chi connectivity index (χ2v) is 5.64. The highest BCUT2D eigenvalue weighted by atomic mass is 32.2. The molecule has 3 nitrogen and oxygen atoms in total. The molecule has 90 valence electrons. The molecule has 0 aliphatic carbocycles. The second kappa shape index (κ2) is 5.51. The van der Waals surface area contributed by atoms with Gasteiger partial charge in [-0.15, -0.1) is 23.1 Å². The van der Waals surface area contributed by atoms with Crippen molar-refractivity contribution in [3.8, 4) is 0 Å². The van der Waals surface area contributed by atoms with Crippen LogP contribution in [0.2, 0.25) is 0 Å². The van der Waals surface area contributed by atoms with E-state index in [1.807, 2.05) is 19.2 Å². The number of ether oxygens (including phenoxy) is 1. The molecular formula is C12H13NO2S2. The molecule has 0 bridgehead atoms. The van der Waals surface area contributed by atoms with E-state index in [1.54, 1.807) is 23.1 Å². The highest BCUT2D eigenvalue weighted by molar-refractivity contribution is 7.99. The Balaban J connectivity index is 2.09. The number of esters is 1. The zero-order valence-electron chi connectivity index (χ0n) is 9.67. The van der Waals surface area contributed by atoms with E-state index in [-0.39, 0.29) is 11.9 Å². The molecule has 0 amide bonds. The highest BCUT2D eigenvalue weighted by Crippen LogP contribution is 2.30. The smallest absolute Gasteiger partial charge is 0.309 e. The van der Waals surface area contributed by atoms with Gasteiger partial charge in [0.1, 0.15) is 5.03 Å². The van der Waals surface area contributed by atoms with Crippen molar-refractivity contribution in [3.63, 3.8) is 0 Å². The Morgan fingerprint density at radius 2 is 2.41 bits per heavy atom. The number of thioether (sulfide) groups is 1. The Morgan fingerprint density at radius 3 is 3.18 bits per heavy atom. The van der Waals surface area contributed by atoms with Crippen molar-refractivity contribution in [2.24, 2.45) is 5.92 Å². The molecular weight excluding hydrogens is 254 g/mol. The summed E-state index contributed by atoms with van der Waals surface area (Å²) in [7, 11) is 1.42. The van der Waals surface area contributed by atoms with Crippen LogP contribution >= 0.6 is 23.1 Å². The average Bonchev–Trinajstić information content (AvgIpc) is 2.83. The summed E-state index contributed by atoms with van der Waals surface area (Å²) in [4.78, 5) is 15.6. The summed E-state index contributed by atoms with van der Waals surface area (Å²) < 4.78 is 5.93. The van der Waals surface area contributed by atoms with Gasteiger partial charge >= 0.3 is 5.97 Å². The van der Waals surface area contributed by atoms with E-state index in [4.69, 9.17) is 4.74 Å². The van der Waals surface area contributed by atoms with Crippen LogP contribution < -0.4 is 0 Å². The third-order valence-corrected chi connectivity index (χ3v) is 4.56. The monoisotopic (exact) mass is 267 g/mol. The van der Waals surface area contributed by atoms with Crippen LogP contribution in [0.5, 0.6) is 0 Å². The minimum absolute atomic E-state index is 0.110. The van der Waals surface area contributed by atoms with E-state index in [1.165, 1.54) is 17.2 Å². The Hall–Kier alpha value is -1.07. The topological polar surface area (TPSA) is 39.2 Å². The molecule has 0 fully saturated rings. The van der Waals surface area contributed by atoms with Gasteiger partial charge in [0, 0.05) is 22.0 Å². The van der Waals surface area contributed by atoms with E-state index in [9.17, 15) is 4.79 Å². The summed E-state index contributed by atoms with van der Waals surface area (Å²) in [6, 6.07) is 4.08. The van der Waals surface area contributed by atoms with Crippen molar-refractivity contribution >= 4 is 39.2 Å². The van der Waals surface area contributed by atoms with E-state index in [0.29, 0.717) is 5.75 Å². The molecule has 0 N–H and O–H groups in total. The van der Waals surface area contributed by atoms with E-state index in [0.717, 1.165) is 5.03 Å². The molecule has 0 aliphatic heterocycles. The van der Waals surface area contributed by atoms with Crippen LogP contribution in [0.1, 0.15) is 6.92 Å². The molecule has 2 heterocycles. The van der Waals surface area contributed by atoms with Crippen LogP contribution in [-0.2, 0) is 9.53 Å². The van der Waals surface area contributed by atoms with Crippen molar-refractivity contribution in [3.05, 3.63) is 23.7 Å². The number of carbonyl (C=O) groups excluding carboxylic acids is 1. The number of pyridine rings is 1. The van der Waals surface area contributed by atoms with Crippen LogP contribution in [0.4, 0.5) is 0 Å². The first kappa shape index (κ1) is 12.4. The molecule has 2 rings (SSSR count). The molecule has 5 heteroatoms. The SMILES string of the molecule is COC(=O)C(C)CSc1nccc2sccc12. The fraction of sp³-hybridized carbons (Fsp3) is 0.333. The fourth-order valence-electron chi connectivity index (χ4n) is 1.46. The normalized spacial score (nSPS) is 12.6. The molecule has 2 aromatic heterocycles. The molecule has 0 aromatic carbocycles. The van der Waals surface area contributed by atoms with Gasteiger partial charge in [0.15, 0.2) is 0 Å². The van der Waals surface area contributed by atoms with Crippen LogP contribution in [0.3, 0.4) is 0 Å². The predicted octanol–water partition coefficient (Wildman–Crippen LogP) is 3.20. The Bertz CT molecular complexity index is 524. The second-order valence-electron chi connectivity index (χ2n) is 3.68. The molecule has 0 aliphatic rings. The van der Waals surface area contributed by atoms with Crippen molar-refractivity contribution in [2.45, 2.75) is 11.9 Å². The lowest BCUT2D eigenvalue weighted by Gasteiger charge is -2.08. The maximum absolute atomic E-state index is 11.3. The van der Waals surface area contributed by atoms with Crippen LogP contribution in [0, 0.1) is 5.92 Å². The fourth-order valence-corrected chi connectivity index (χ4v) is 3.32. The zero-order chi connectivity index (χ0) is 12.3. The minimum atomic E-state index is -0.171. The standard InChI is InChI=1S/C12H13NO2S2/c1-8(12(14)15-2)7-17-11-9-4-6-16-10(9)3-5-13-11/h3-6,8H,7H2,1-2H3. The van der Waals surface area contributed by atoms with Crippen molar-refractivity contribution in [1.29, 1.82) is 0 Å². The Morgan fingerprint density at radius 1 is 1.59 bits per heavy atom. The summed E-state index contributed by atoms with van der Waals surface area (Å²) >= 11 is 3.30. The van der Waals surface area contributed by atoms with Crippen LogP contribution in [0.25, 0.3) is 10.1 Å². The summed E-state index contributed by atoms with van der Waals surface area (Å²) in [5.74, 6) is 0.407. The molecule has 0 saturated heterocycles. The molecule has 0 saturated carbocycles.